The zero-order chi connectivity index (χ0) is 15.0. The van der Waals surface area contributed by atoms with Gasteiger partial charge in [-0.15, -0.1) is 4.40 Å². The zero-order valence-corrected chi connectivity index (χ0v) is 13.2. The van der Waals surface area contributed by atoms with Crippen molar-refractivity contribution in [1.29, 1.82) is 0 Å². The number of hydrogen-bond donors (Lipinski definition) is 1. The van der Waals surface area contributed by atoms with Gasteiger partial charge in [-0.05, 0) is 25.0 Å². The summed E-state index contributed by atoms with van der Waals surface area (Å²) in [6.07, 6.45) is 1.99. The van der Waals surface area contributed by atoms with E-state index in [4.69, 9.17) is 0 Å². The van der Waals surface area contributed by atoms with E-state index in [-0.39, 0.29) is 6.04 Å². The Morgan fingerprint density at radius 1 is 1.29 bits per heavy atom. The van der Waals surface area contributed by atoms with Crippen LogP contribution in [0.15, 0.2) is 33.6 Å². The van der Waals surface area contributed by atoms with Gasteiger partial charge in [-0.1, -0.05) is 26.0 Å². The van der Waals surface area contributed by atoms with Crippen molar-refractivity contribution < 1.29 is 8.42 Å². The van der Waals surface area contributed by atoms with Crippen LogP contribution in [0.25, 0.3) is 0 Å². The van der Waals surface area contributed by atoms with Crippen LogP contribution in [0.2, 0.25) is 0 Å². The van der Waals surface area contributed by atoms with E-state index in [0.29, 0.717) is 16.8 Å². The molecule has 21 heavy (non-hydrogen) atoms. The second-order valence-electron chi connectivity index (χ2n) is 5.61. The minimum absolute atomic E-state index is 0.285. The first kappa shape index (κ1) is 14.5. The molecule has 5 nitrogen and oxygen atoms in total. The molecule has 1 aromatic rings. The average molecular weight is 307 g/mol. The van der Waals surface area contributed by atoms with Crippen molar-refractivity contribution in [2.45, 2.75) is 43.7 Å². The topological polar surface area (TPSA) is 61.8 Å². The van der Waals surface area contributed by atoms with Crippen molar-refractivity contribution in [3.05, 3.63) is 29.8 Å². The van der Waals surface area contributed by atoms with Gasteiger partial charge in [-0.3, -0.25) is 0 Å². The second kappa shape index (κ2) is 5.42. The lowest BCUT2D eigenvalue weighted by Gasteiger charge is -2.41. The van der Waals surface area contributed by atoms with E-state index in [2.05, 4.69) is 28.5 Å². The van der Waals surface area contributed by atoms with E-state index >= 15 is 0 Å². The van der Waals surface area contributed by atoms with E-state index < -0.39 is 10.0 Å². The van der Waals surface area contributed by atoms with Crippen molar-refractivity contribution in [2.75, 3.05) is 13.1 Å². The lowest BCUT2D eigenvalue weighted by molar-refractivity contribution is 0.206. The van der Waals surface area contributed by atoms with E-state index in [0.717, 1.165) is 31.5 Å². The molecule has 0 spiro atoms. The summed E-state index contributed by atoms with van der Waals surface area (Å²) in [5.41, 5.74) is 0.743. The summed E-state index contributed by atoms with van der Waals surface area (Å²) in [7, 11) is -3.53. The maximum atomic E-state index is 12.2. The normalized spacial score (nSPS) is 27.3. The fraction of sp³-hybridized carbons (Fsp3) is 0.533. The van der Waals surface area contributed by atoms with Crippen molar-refractivity contribution in [2.24, 2.45) is 4.40 Å². The Hall–Kier alpha value is -1.40. The van der Waals surface area contributed by atoms with Gasteiger partial charge in [0.2, 0.25) is 0 Å². The van der Waals surface area contributed by atoms with Crippen LogP contribution >= 0.6 is 0 Å². The standard InChI is InChI=1S/C15H21N3O2S/c1-3-11-10-18(12(4-2)9-16-11)15-13-7-5-6-8-14(13)21(19,20)17-15/h5-8,11-12,16H,3-4,9-10H2,1-2H3. The van der Waals surface area contributed by atoms with Gasteiger partial charge in [0.1, 0.15) is 4.90 Å². The Morgan fingerprint density at radius 2 is 2.05 bits per heavy atom. The molecule has 0 aromatic heterocycles. The molecule has 2 aliphatic rings. The summed E-state index contributed by atoms with van der Waals surface area (Å²) in [6.45, 7) is 5.94. The molecule has 0 bridgehead atoms. The number of sulfonamides is 1. The number of amidine groups is 1. The quantitative estimate of drug-likeness (QED) is 0.901. The first-order valence-electron chi connectivity index (χ1n) is 7.51. The Bertz CT molecular complexity index is 669. The number of nitrogens with zero attached hydrogens (tertiary/aromatic N) is 2. The molecule has 3 rings (SSSR count). The van der Waals surface area contributed by atoms with Gasteiger partial charge in [-0.2, -0.15) is 8.42 Å². The van der Waals surface area contributed by atoms with E-state index in [1.54, 1.807) is 12.1 Å². The predicted octanol–water partition coefficient (Wildman–Crippen LogP) is 1.60. The predicted molar refractivity (Wildman–Crippen MR) is 83.0 cm³/mol. The number of benzene rings is 1. The number of fused-ring (bicyclic) bond motifs is 1. The first-order chi connectivity index (χ1) is 10.1. The Kier molecular flexibility index (Phi) is 3.75. The molecule has 6 heteroatoms. The van der Waals surface area contributed by atoms with Gasteiger partial charge in [0.05, 0.1) is 0 Å². The highest BCUT2D eigenvalue weighted by atomic mass is 32.2. The van der Waals surface area contributed by atoms with Crippen LogP contribution in [0.5, 0.6) is 0 Å². The highest BCUT2D eigenvalue weighted by Gasteiger charge is 2.36. The van der Waals surface area contributed by atoms with Gasteiger partial charge in [0, 0.05) is 30.7 Å². The number of nitrogens with one attached hydrogen (secondary N) is 1. The molecule has 2 unspecified atom stereocenters. The lowest BCUT2D eigenvalue weighted by Crippen LogP contribution is -2.57. The van der Waals surface area contributed by atoms with Crippen LogP contribution in [0.3, 0.4) is 0 Å². The summed E-state index contributed by atoms with van der Waals surface area (Å²) in [4.78, 5) is 2.51. The highest BCUT2D eigenvalue weighted by Crippen LogP contribution is 2.29. The van der Waals surface area contributed by atoms with Crippen LogP contribution in [-0.4, -0.2) is 44.3 Å². The maximum Gasteiger partial charge on any atom is 0.285 e. The molecule has 1 N–H and O–H groups in total. The largest absolute Gasteiger partial charge is 0.350 e. The molecule has 2 heterocycles. The number of rotatable bonds is 2. The summed E-state index contributed by atoms with van der Waals surface area (Å²) < 4.78 is 28.5. The SMILES string of the molecule is CCC1CN(C2=NS(=O)(=O)c3ccccc32)C(CC)CN1. The lowest BCUT2D eigenvalue weighted by atomic mass is 10.0. The minimum Gasteiger partial charge on any atom is -0.350 e. The molecule has 2 atom stereocenters. The molecule has 1 aromatic carbocycles. The second-order valence-corrected chi connectivity index (χ2v) is 7.19. The van der Waals surface area contributed by atoms with Gasteiger partial charge in [0.15, 0.2) is 5.84 Å². The summed E-state index contributed by atoms with van der Waals surface area (Å²) >= 11 is 0. The van der Waals surface area contributed by atoms with Crippen LogP contribution in [0.1, 0.15) is 32.3 Å². The van der Waals surface area contributed by atoms with E-state index in [1.165, 1.54) is 0 Å². The molecule has 114 valence electrons. The smallest absolute Gasteiger partial charge is 0.285 e. The third kappa shape index (κ3) is 2.46. The highest BCUT2D eigenvalue weighted by molar-refractivity contribution is 7.90. The van der Waals surface area contributed by atoms with Crippen molar-refractivity contribution in [1.82, 2.24) is 10.2 Å². The molecule has 0 radical (unpaired) electrons. The monoisotopic (exact) mass is 307 g/mol. The Morgan fingerprint density at radius 3 is 2.76 bits per heavy atom. The summed E-state index contributed by atoms with van der Waals surface area (Å²) in [5.74, 6) is 0.623. The van der Waals surface area contributed by atoms with Gasteiger partial charge in [0.25, 0.3) is 10.0 Å². The van der Waals surface area contributed by atoms with Gasteiger partial charge < -0.3 is 10.2 Å². The average Bonchev–Trinajstić information content (AvgIpc) is 2.79. The summed E-state index contributed by atoms with van der Waals surface area (Å²) in [5, 5.41) is 3.52. The van der Waals surface area contributed by atoms with Crippen molar-refractivity contribution in [3.63, 3.8) is 0 Å². The fourth-order valence-electron chi connectivity index (χ4n) is 3.06. The third-order valence-corrected chi connectivity index (χ3v) is 5.67. The van der Waals surface area contributed by atoms with Gasteiger partial charge in [-0.25, -0.2) is 0 Å². The number of hydrogen-bond acceptors (Lipinski definition) is 4. The fourth-order valence-corrected chi connectivity index (χ4v) is 4.27. The first-order valence-corrected chi connectivity index (χ1v) is 8.95. The molecule has 1 saturated heterocycles. The van der Waals surface area contributed by atoms with Crippen LogP contribution in [0, 0.1) is 0 Å². The van der Waals surface area contributed by atoms with Crippen molar-refractivity contribution >= 4 is 15.9 Å². The molecule has 2 aliphatic heterocycles. The molecule has 0 aliphatic carbocycles. The van der Waals surface area contributed by atoms with Gasteiger partial charge >= 0.3 is 0 Å². The number of piperazine rings is 1. The molecular weight excluding hydrogens is 286 g/mol. The maximum absolute atomic E-state index is 12.2. The van der Waals surface area contributed by atoms with Crippen molar-refractivity contribution in [3.8, 4) is 0 Å². The molecular formula is C15H21N3O2S. The van der Waals surface area contributed by atoms with E-state index in [9.17, 15) is 8.42 Å². The summed E-state index contributed by atoms with van der Waals surface area (Å²) in [6, 6.07) is 7.78. The Balaban J connectivity index is 2.03. The van der Waals surface area contributed by atoms with Crippen LogP contribution in [0.4, 0.5) is 0 Å². The van der Waals surface area contributed by atoms with E-state index in [1.807, 2.05) is 12.1 Å². The minimum atomic E-state index is -3.53. The van der Waals surface area contributed by atoms with Crippen LogP contribution in [-0.2, 0) is 10.0 Å². The Labute approximate surface area is 126 Å². The molecule has 0 saturated carbocycles. The molecule has 1 fully saturated rings. The third-order valence-electron chi connectivity index (χ3n) is 4.35. The zero-order valence-electron chi connectivity index (χ0n) is 12.4. The molecule has 0 amide bonds. The van der Waals surface area contributed by atoms with Crippen LogP contribution < -0.4 is 5.32 Å².